The lowest BCUT2D eigenvalue weighted by Crippen LogP contribution is -2.12. The molecular weight excluding hydrogens is 307 g/mol. The number of carbonyl (C=O) groups is 1. The average molecular weight is 317 g/mol. The molecule has 110 valence electrons. The van der Waals surface area contributed by atoms with Crippen LogP contribution in [0.15, 0.2) is 55.2 Å². The van der Waals surface area contributed by atoms with Gasteiger partial charge in [-0.2, -0.15) is 0 Å². The zero-order valence-corrected chi connectivity index (χ0v) is 12.0. The van der Waals surface area contributed by atoms with Gasteiger partial charge in [-0.3, -0.25) is 9.36 Å². The van der Waals surface area contributed by atoms with Gasteiger partial charge in [0, 0.05) is 24.3 Å². The van der Waals surface area contributed by atoms with Crippen molar-refractivity contribution in [2.24, 2.45) is 0 Å². The predicted octanol–water partition coefficient (Wildman–Crippen LogP) is 3.31. The molecule has 3 rings (SSSR count). The van der Waals surface area contributed by atoms with E-state index in [0.717, 1.165) is 0 Å². The second-order valence-corrected chi connectivity index (χ2v) is 4.87. The molecule has 0 bridgehead atoms. The van der Waals surface area contributed by atoms with E-state index in [1.54, 1.807) is 35.4 Å². The molecule has 22 heavy (non-hydrogen) atoms. The fourth-order valence-corrected chi connectivity index (χ4v) is 2.03. The molecule has 2 aromatic heterocycles. The third-order valence-electron chi connectivity index (χ3n) is 2.96. The summed E-state index contributed by atoms with van der Waals surface area (Å²) >= 11 is 5.67. The van der Waals surface area contributed by atoms with Crippen LogP contribution in [0.1, 0.15) is 10.4 Å². The molecule has 0 aliphatic rings. The lowest BCUT2D eigenvalue weighted by molar-refractivity contribution is 0.102. The zero-order chi connectivity index (χ0) is 15.5. The van der Waals surface area contributed by atoms with Crippen LogP contribution in [0, 0.1) is 5.82 Å². The highest BCUT2D eigenvalue weighted by atomic mass is 35.5. The molecule has 0 aliphatic carbocycles. The topological polar surface area (TPSA) is 59.8 Å². The summed E-state index contributed by atoms with van der Waals surface area (Å²) in [5.41, 5.74) is 0.791. The maximum atomic E-state index is 13.1. The highest BCUT2D eigenvalue weighted by molar-refractivity contribution is 6.31. The molecule has 0 saturated carbocycles. The van der Waals surface area contributed by atoms with Crippen LogP contribution in [0.2, 0.25) is 5.02 Å². The van der Waals surface area contributed by atoms with Gasteiger partial charge in [0.2, 0.25) is 0 Å². The molecule has 7 heteroatoms. The molecule has 5 nitrogen and oxygen atoms in total. The summed E-state index contributed by atoms with van der Waals surface area (Å²) in [4.78, 5) is 20.2. The van der Waals surface area contributed by atoms with Gasteiger partial charge in [0.05, 0.1) is 10.6 Å². The van der Waals surface area contributed by atoms with Crippen molar-refractivity contribution in [3.05, 3.63) is 71.7 Å². The summed E-state index contributed by atoms with van der Waals surface area (Å²) in [6.45, 7) is 0. The van der Waals surface area contributed by atoms with Gasteiger partial charge in [-0.25, -0.2) is 14.4 Å². The minimum Gasteiger partial charge on any atom is -0.322 e. The smallest absolute Gasteiger partial charge is 0.257 e. The Labute approximate surface area is 130 Å². The summed E-state index contributed by atoms with van der Waals surface area (Å²) in [7, 11) is 0. The van der Waals surface area contributed by atoms with Crippen molar-refractivity contribution in [3.63, 3.8) is 0 Å². The quantitative estimate of drug-likeness (QED) is 0.806. The van der Waals surface area contributed by atoms with Crippen LogP contribution in [0.5, 0.6) is 0 Å². The first kappa shape index (κ1) is 14.2. The van der Waals surface area contributed by atoms with E-state index in [1.807, 2.05) is 0 Å². The minimum absolute atomic E-state index is 0.0496. The van der Waals surface area contributed by atoms with Crippen molar-refractivity contribution in [1.29, 1.82) is 0 Å². The molecule has 1 aromatic carbocycles. The molecule has 0 spiro atoms. The third kappa shape index (κ3) is 2.96. The monoisotopic (exact) mass is 316 g/mol. The van der Waals surface area contributed by atoms with E-state index in [-0.39, 0.29) is 10.9 Å². The van der Waals surface area contributed by atoms with Gasteiger partial charge >= 0.3 is 0 Å². The first-order chi connectivity index (χ1) is 10.6. The number of amides is 1. The molecule has 3 aromatic rings. The Balaban J connectivity index is 1.76. The SMILES string of the molecule is O=C(Nc1ccc(F)c(Cl)c1)c1ccc(-n2ccnc2)nc1. The number of hydrogen-bond donors (Lipinski definition) is 1. The summed E-state index contributed by atoms with van der Waals surface area (Å²) < 4.78 is 14.8. The number of anilines is 1. The van der Waals surface area contributed by atoms with E-state index >= 15 is 0 Å². The number of halogens is 2. The van der Waals surface area contributed by atoms with Crippen LogP contribution in [0.25, 0.3) is 5.82 Å². The third-order valence-corrected chi connectivity index (χ3v) is 3.25. The van der Waals surface area contributed by atoms with Crippen LogP contribution < -0.4 is 5.32 Å². The molecule has 0 radical (unpaired) electrons. The molecule has 0 fully saturated rings. The standard InChI is InChI=1S/C15H10ClFN4O/c16-12-7-11(2-3-13(12)17)20-15(22)10-1-4-14(19-8-10)21-6-5-18-9-21/h1-9H,(H,20,22). The van der Waals surface area contributed by atoms with Gasteiger partial charge in [0.1, 0.15) is 18.0 Å². The fraction of sp³-hybridized carbons (Fsp3) is 0. The van der Waals surface area contributed by atoms with E-state index < -0.39 is 5.82 Å². The molecule has 0 atom stereocenters. The molecule has 0 saturated heterocycles. The normalized spacial score (nSPS) is 10.5. The van der Waals surface area contributed by atoms with Gasteiger partial charge in [0.15, 0.2) is 0 Å². The summed E-state index contributed by atoms with van der Waals surface area (Å²) in [5.74, 6) is -0.239. The van der Waals surface area contributed by atoms with Crippen molar-refractivity contribution < 1.29 is 9.18 Å². The van der Waals surface area contributed by atoms with Crippen molar-refractivity contribution in [2.45, 2.75) is 0 Å². The number of benzene rings is 1. The number of nitrogens with one attached hydrogen (secondary N) is 1. The number of nitrogens with zero attached hydrogens (tertiary/aromatic N) is 3. The molecule has 2 heterocycles. The van der Waals surface area contributed by atoms with Crippen molar-refractivity contribution >= 4 is 23.2 Å². The Hall–Kier alpha value is -2.73. The minimum atomic E-state index is -0.536. The van der Waals surface area contributed by atoms with E-state index in [4.69, 9.17) is 11.6 Å². The van der Waals surface area contributed by atoms with Crippen molar-refractivity contribution in [2.75, 3.05) is 5.32 Å². The lowest BCUT2D eigenvalue weighted by atomic mass is 10.2. The zero-order valence-electron chi connectivity index (χ0n) is 11.2. The van der Waals surface area contributed by atoms with Crippen LogP contribution in [0.4, 0.5) is 10.1 Å². The number of pyridine rings is 1. The largest absolute Gasteiger partial charge is 0.322 e. The maximum Gasteiger partial charge on any atom is 0.257 e. The molecular formula is C15H10ClFN4O. The second kappa shape index (κ2) is 5.95. The highest BCUT2D eigenvalue weighted by Crippen LogP contribution is 2.20. The van der Waals surface area contributed by atoms with Gasteiger partial charge in [-0.1, -0.05) is 11.6 Å². The fourth-order valence-electron chi connectivity index (χ4n) is 1.84. The molecule has 0 aliphatic heterocycles. The Morgan fingerprint density at radius 1 is 1.27 bits per heavy atom. The molecule has 0 unspecified atom stereocenters. The van der Waals surface area contributed by atoms with Gasteiger partial charge in [0.25, 0.3) is 5.91 Å². The van der Waals surface area contributed by atoms with Crippen LogP contribution >= 0.6 is 11.6 Å². The highest BCUT2D eigenvalue weighted by Gasteiger charge is 2.09. The number of aromatic nitrogens is 3. The molecule has 1 amide bonds. The van der Waals surface area contributed by atoms with Crippen LogP contribution in [-0.2, 0) is 0 Å². The summed E-state index contributed by atoms with van der Waals surface area (Å²) in [5, 5.41) is 2.58. The maximum absolute atomic E-state index is 13.1. The first-order valence-corrected chi connectivity index (χ1v) is 6.72. The van der Waals surface area contributed by atoms with E-state index in [0.29, 0.717) is 17.1 Å². The number of carbonyl (C=O) groups excluding carboxylic acids is 1. The number of hydrogen-bond acceptors (Lipinski definition) is 3. The van der Waals surface area contributed by atoms with E-state index in [1.165, 1.54) is 24.4 Å². The van der Waals surface area contributed by atoms with Gasteiger partial charge in [-0.05, 0) is 30.3 Å². The Morgan fingerprint density at radius 2 is 2.14 bits per heavy atom. The predicted molar refractivity (Wildman–Crippen MR) is 80.7 cm³/mol. The Bertz CT molecular complexity index is 803. The van der Waals surface area contributed by atoms with Crippen LogP contribution in [0.3, 0.4) is 0 Å². The lowest BCUT2D eigenvalue weighted by Gasteiger charge is -2.07. The van der Waals surface area contributed by atoms with Crippen LogP contribution in [-0.4, -0.2) is 20.4 Å². The van der Waals surface area contributed by atoms with Gasteiger partial charge in [-0.15, -0.1) is 0 Å². The number of imidazole rings is 1. The van der Waals surface area contributed by atoms with Crippen molar-refractivity contribution in [3.8, 4) is 5.82 Å². The Kier molecular flexibility index (Phi) is 3.84. The van der Waals surface area contributed by atoms with E-state index in [9.17, 15) is 9.18 Å². The van der Waals surface area contributed by atoms with Crippen molar-refractivity contribution in [1.82, 2.24) is 14.5 Å². The van der Waals surface area contributed by atoms with E-state index in [2.05, 4.69) is 15.3 Å². The van der Waals surface area contributed by atoms with Gasteiger partial charge < -0.3 is 5.32 Å². The first-order valence-electron chi connectivity index (χ1n) is 6.34. The molecule has 1 N–H and O–H groups in total. The summed E-state index contributed by atoms with van der Waals surface area (Å²) in [6.07, 6.45) is 6.46. The summed E-state index contributed by atoms with van der Waals surface area (Å²) in [6, 6.07) is 7.32. The Morgan fingerprint density at radius 3 is 2.77 bits per heavy atom. The average Bonchev–Trinajstić information content (AvgIpc) is 3.05. The number of rotatable bonds is 3. The second-order valence-electron chi connectivity index (χ2n) is 4.46.